The van der Waals surface area contributed by atoms with Crippen LogP contribution in [0.1, 0.15) is 32.1 Å². The van der Waals surface area contributed by atoms with Crippen LogP contribution in [0.2, 0.25) is 5.02 Å². The zero-order valence-corrected chi connectivity index (χ0v) is 12.5. The first-order chi connectivity index (χ1) is 9.28. The quantitative estimate of drug-likeness (QED) is 0.891. The van der Waals surface area contributed by atoms with E-state index in [-0.39, 0.29) is 0 Å². The highest BCUT2D eigenvalue weighted by Gasteiger charge is 2.17. The topological polar surface area (TPSA) is 34.1 Å². The Hall–Kier alpha value is -1.00. The number of aromatic nitrogens is 1. The van der Waals surface area contributed by atoms with Crippen LogP contribution in [0, 0.1) is 0 Å². The molecular weight excluding hydrogens is 280 g/mol. The summed E-state index contributed by atoms with van der Waals surface area (Å²) < 4.78 is 6.34. The SMILES string of the molecule is COc1ccc(Cl)c2sc(NC3CCCCC3)nc12. The number of hydrogen-bond donors (Lipinski definition) is 1. The van der Waals surface area contributed by atoms with Gasteiger partial charge in [-0.1, -0.05) is 42.2 Å². The van der Waals surface area contributed by atoms with Gasteiger partial charge in [-0.25, -0.2) is 4.98 Å². The number of methoxy groups -OCH3 is 1. The minimum atomic E-state index is 0.555. The molecule has 0 saturated heterocycles. The predicted molar refractivity (Wildman–Crippen MR) is 81.7 cm³/mol. The van der Waals surface area contributed by atoms with Crippen molar-refractivity contribution in [3.8, 4) is 5.75 Å². The molecule has 1 saturated carbocycles. The molecule has 5 heteroatoms. The van der Waals surface area contributed by atoms with Crippen LogP contribution in [-0.2, 0) is 0 Å². The van der Waals surface area contributed by atoms with Gasteiger partial charge in [-0.05, 0) is 25.0 Å². The van der Waals surface area contributed by atoms with Crippen LogP contribution in [0.5, 0.6) is 5.75 Å². The summed E-state index contributed by atoms with van der Waals surface area (Å²) >= 11 is 7.84. The van der Waals surface area contributed by atoms with E-state index >= 15 is 0 Å². The lowest BCUT2D eigenvalue weighted by atomic mass is 9.96. The van der Waals surface area contributed by atoms with Crippen LogP contribution >= 0.6 is 22.9 Å². The number of nitrogens with zero attached hydrogens (tertiary/aromatic N) is 1. The summed E-state index contributed by atoms with van der Waals surface area (Å²) in [5.41, 5.74) is 0.860. The van der Waals surface area contributed by atoms with Gasteiger partial charge < -0.3 is 10.1 Å². The van der Waals surface area contributed by atoms with Gasteiger partial charge in [0.15, 0.2) is 5.13 Å². The third kappa shape index (κ3) is 2.65. The highest BCUT2D eigenvalue weighted by atomic mass is 35.5. The molecule has 0 amide bonds. The summed E-state index contributed by atoms with van der Waals surface area (Å²) in [6, 6.07) is 4.29. The molecule has 1 aromatic heterocycles. The zero-order valence-electron chi connectivity index (χ0n) is 10.9. The Kier molecular flexibility index (Phi) is 3.80. The predicted octanol–water partition coefficient (Wildman–Crippen LogP) is 4.70. The molecule has 0 bridgehead atoms. The Labute approximate surface area is 121 Å². The van der Waals surface area contributed by atoms with Crippen LogP contribution in [0.15, 0.2) is 12.1 Å². The van der Waals surface area contributed by atoms with Crippen LogP contribution in [-0.4, -0.2) is 18.1 Å². The number of ether oxygens (including phenoxy) is 1. The van der Waals surface area contributed by atoms with E-state index in [9.17, 15) is 0 Å². The fourth-order valence-corrected chi connectivity index (χ4v) is 3.83. The normalized spacial score (nSPS) is 16.7. The van der Waals surface area contributed by atoms with E-state index in [1.165, 1.54) is 32.1 Å². The largest absolute Gasteiger partial charge is 0.494 e. The second-order valence-corrected chi connectivity index (χ2v) is 6.33. The van der Waals surface area contributed by atoms with E-state index in [1.807, 2.05) is 12.1 Å². The van der Waals surface area contributed by atoms with Gasteiger partial charge >= 0.3 is 0 Å². The molecule has 0 atom stereocenters. The third-order valence-electron chi connectivity index (χ3n) is 3.61. The van der Waals surface area contributed by atoms with Gasteiger partial charge in [0.2, 0.25) is 0 Å². The number of anilines is 1. The number of rotatable bonds is 3. The van der Waals surface area contributed by atoms with Gasteiger partial charge in [-0.2, -0.15) is 0 Å². The van der Waals surface area contributed by atoms with E-state index in [4.69, 9.17) is 16.3 Å². The van der Waals surface area contributed by atoms with E-state index in [0.29, 0.717) is 6.04 Å². The van der Waals surface area contributed by atoms with Crippen molar-refractivity contribution in [1.82, 2.24) is 4.98 Å². The maximum absolute atomic E-state index is 6.23. The van der Waals surface area contributed by atoms with Crippen LogP contribution in [0.25, 0.3) is 10.2 Å². The molecule has 1 fully saturated rings. The molecule has 1 aromatic carbocycles. The van der Waals surface area contributed by atoms with Crippen molar-refractivity contribution in [3.05, 3.63) is 17.2 Å². The summed E-state index contributed by atoms with van der Waals surface area (Å²) in [5.74, 6) is 0.785. The molecule has 0 spiro atoms. The van der Waals surface area contributed by atoms with Gasteiger partial charge in [0.1, 0.15) is 11.3 Å². The molecule has 0 aliphatic heterocycles. The molecule has 102 valence electrons. The summed E-state index contributed by atoms with van der Waals surface area (Å²) in [6.45, 7) is 0. The van der Waals surface area contributed by atoms with Crippen LogP contribution < -0.4 is 10.1 Å². The lowest BCUT2D eigenvalue weighted by Crippen LogP contribution is -2.21. The maximum Gasteiger partial charge on any atom is 0.184 e. The van der Waals surface area contributed by atoms with Gasteiger partial charge in [0.25, 0.3) is 0 Å². The lowest BCUT2D eigenvalue weighted by Gasteiger charge is -2.22. The van der Waals surface area contributed by atoms with Crippen molar-refractivity contribution in [2.24, 2.45) is 0 Å². The second-order valence-electron chi connectivity index (χ2n) is 4.93. The molecule has 1 aliphatic rings. The monoisotopic (exact) mass is 296 g/mol. The lowest BCUT2D eigenvalue weighted by molar-refractivity contribution is 0.419. The smallest absolute Gasteiger partial charge is 0.184 e. The summed E-state index contributed by atoms with van der Waals surface area (Å²) in [5, 5.41) is 5.23. The fourth-order valence-electron chi connectivity index (χ4n) is 2.60. The van der Waals surface area contributed by atoms with E-state index in [1.54, 1.807) is 18.4 Å². The molecule has 0 radical (unpaired) electrons. The first-order valence-electron chi connectivity index (χ1n) is 6.67. The van der Waals surface area contributed by atoms with Gasteiger partial charge in [-0.3, -0.25) is 0 Å². The van der Waals surface area contributed by atoms with Crippen molar-refractivity contribution in [2.45, 2.75) is 38.1 Å². The summed E-state index contributed by atoms with van der Waals surface area (Å²) in [6.07, 6.45) is 6.46. The van der Waals surface area contributed by atoms with Crippen molar-refractivity contribution < 1.29 is 4.74 Å². The molecule has 0 unspecified atom stereocenters. The Morgan fingerprint density at radius 1 is 1.32 bits per heavy atom. The van der Waals surface area contributed by atoms with E-state index in [2.05, 4.69) is 10.3 Å². The minimum Gasteiger partial charge on any atom is -0.494 e. The Balaban J connectivity index is 1.90. The second kappa shape index (κ2) is 5.55. The van der Waals surface area contributed by atoms with Gasteiger partial charge in [0.05, 0.1) is 16.8 Å². The Morgan fingerprint density at radius 2 is 2.11 bits per heavy atom. The Bertz CT molecular complexity index is 578. The van der Waals surface area contributed by atoms with Gasteiger partial charge in [-0.15, -0.1) is 0 Å². The number of hydrogen-bond acceptors (Lipinski definition) is 4. The highest BCUT2D eigenvalue weighted by molar-refractivity contribution is 7.22. The molecule has 1 aliphatic carbocycles. The molecule has 1 heterocycles. The van der Waals surface area contributed by atoms with Crippen molar-refractivity contribution >= 4 is 38.3 Å². The highest BCUT2D eigenvalue weighted by Crippen LogP contribution is 2.38. The van der Waals surface area contributed by atoms with E-state index < -0.39 is 0 Å². The van der Waals surface area contributed by atoms with Gasteiger partial charge in [0, 0.05) is 6.04 Å². The minimum absolute atomic E-state index is 0.555. The molecule has 2 aromatic rings. The first kappa shape index (κ1) is 13.0. The van der Waals surface area contributed by atoms with Crippen molar-refractivity contribution in [1.29, 1.82) is 0 Å². The molecule has 3 nitrogen and oxygen atoms in total. The number of benzene rings is 1. The van der Waals surface area contributed by atoms with E-state index in [0.717, 1.165) is 26.1 Å². The average Bonchev–Trinajstić information content (AvgIpc) is 2.85. The molecule has 3 rings (SSSR count). The maximum atomic E-state index is 6.23. The molecule has 1 N–H and O–H groups in total. The standard InChI is InChI=1S/C14H17ClN2OS/c1-18-11-8-7-10(15)13-12(11)17-14(19-13)16-9-5-3-2-4-6-9/h7-9H,2-6H2,1H3,(H,16,17). The van der Waals surface area contributed by atoms with Crippen molar-refractivity contribution in [2.75, 3.05) is 12.4 Å². The number of nitrogens with one attached hydrogen (secondary N) is 1. The van der Waals surface area contributed by atoms with Crippen molar-refractivity contribution in [3.63, 3.8) is 0 Å². The molecular formula is C14H17ClN2OS. The van der Waals surface area contributed by atoms with Crippen LogP contribution in [0.3, 0.4) is 0 Å². The Morgan fingerprint density at radius 3 is 2.84 bits per heavy atom. The zero-order chi connectivity index (χ0) is 13.2. The first-order valence-corrected chi connectivity index (χ1v) is 7.87. The number of thiazole rings is 1. The summed E-state index contributed by atoms with van der Waals surface area (Å²) in [7, 11) is 1.66. The number of fused-ring (bicyclic) bond motifs is 1. The average molecular weight is 297 g/mol. The number of halogens is 1. The fraction of sp³-hybridized carbons (Fsp3) is 0.500. The summed E-state index contributed by atoms with van der Waals surface area (Å²) in [4.78, 5) is 4.64. The third-order valence-corrected chi connectivity index (χ3v) is 5.06. The van der Waals surface area contributed by atoms with Crippen LogP contribution in [0.4, 0.5) is 5.13 Å². The molecule has 19 heavy (non-hydrogen) atoms.